The summed E-state index contributed by atoms with van der Waals surface area (Å²) in [5.74, 6) is 7.29. The van der Waals surface area contributed by atoms with E-state index < -0.39 is 0 Å². The van der Waals surface area contributed by atoms with E-state index in [1.165, 1.54) is 12.8 Å². The first-order valence-electron chi connectivity index (χ1n) is 6.97. The first kappa shape index (κ1) is 13.8. The monoisotopic (exact) mass is 265 g/mol. The molecule has 0 saturated heterocycles. The van der Waals surface area contributed by atoms with Crippen LogP contribution < -0.4 is 21.1 Å². The Morgan fingerprint density at radius 3 is 2.16 bits per heavy atom. The molecule has 0 aromatic carbocycles. The van der Waals surface area contributed by atoms with Gasteiger partial charge in [0.2, 0.25) is 17.8 Å². The van der Waals surface area contributed by atoms with Crippen LogP contribution in [0, 0.1) is 0 Å². The van der Waals surface area contributed by atoms with E-state index in [-0.39, 0.29) is 0 Å². The van der Waals surface area contributed by atoms with Gasteiger partial charge in [0.15, 0.2) is 0 Å². The average molecular weight is 265 g/mol. The summed E-state index contributed by atoms with van der Waals surface area (Å²) in [4.78, 5) is 17.6. The van der Waals surface area contributed by atoms with Crippen LogP contribution in [0.4, 0.5) is 17.8 Å². The highest BCUT2D eigenvalue weighted by molar-refractivity contribution is 5.46. The highest BCUT2D eigenvalue weighted by atomic mass is 15.4. The molecule has 1 heterocycles. The standard InChI is InChI=1S/C12H23N7/c1-4-18(5-2)11-14-10(17-13)15-12(16-11)19(6-3)9-7-8-9/h9H,4-8,13H2,1-3H3,(H,14,15,16,17). The second kappa shape index (κ2) is 6.01. The molecule has 19 heavy (non-hydrogen) atoms. The van der Waals surface area contributed by atoms with Gasteiger partial charge in [0, 0.05) is 25.7 Å². The van der Waals surface area contributed by atoms with Crippen LogP contribution in [-0.2, 0) is 0 Å². The van der Waals surface area contributed by atoms with Gasteiger partial charge < -0.3 is 9.80 Å². The molecule has 0 spiro atoms. The van der Waals surface area contributed by atoms with Crippen molar-refractivity contribution < 1.29 is 0 Å². The van der Waals surface area contributed by atoms with Crippen molar-refractivity contribution in [1.29, 1.82) is 0 Å². The lowest BCUT2D eigenvalue weighted by atomic mass is 10.5. The summed E-state index contributed by atoms with van der Waals surface area (Å²) in [6.45, 7) is 8.91. The zero-order valence-corrected chi connectivity index (χ0v) is 11.9. The van der Waals surface area contributed by atoms with E-state index in [0.717, 1.165) is 25.6 Å². The third kappa shape index (κ3) is 3.04. The molecule has 0 bridgehead atoms. The second-order valence-electron chi connectivity index (χ2n) is 4.59. The second-order valence-corrected chi connectivity index (χ2v) is 4.59. The molecule has 106 valence electrons. The summed E-state index contributed by atoms with van der Waals surface area (Å²) in [5, 5.41) is 0. The fourth-order valence-corrected chi connectivity index (χ4v) is 2.14. The zero-order valence-electron chi connectivity index (χ0n) is 11.9. The summed E-state index contributed by atoms with van der Waals surface area (Å²) in [6.07, 6.45) is 2.43. The minimum atomic E-state index is 0.422. The Kier molecular flexibility index (Phi) is 4.36. The maximum Gasteiger partial charge on any atom is 0.243 e. The average Bonchev–Trinajstić information content (AvgIpc) is 3.25. The Balaban J connectivity index is 2.34. The first-order valence-corrected chi connectivity index (χ1v) is 6.97. The van der Waals surface area contributed by atoms with Crippen molar-refractivity contribution in [2.45, 2.75) is 39.7 Å². The summed E-state index contributed by atoms with van der Waals surface area (Å²) in [6, 6.07) is 0.572. The predicted octanol–water partition coefficient (Wildman–Crippen LogP) is 0.992. The van der Waals surface area contributed by atoms with Gasteiger partial charge in [0.25, 0.3) is 0 Å². The van der Waals surface area contributed by atoms with Crippen LogP contribution in [0.25, 0.3) is 0 Å². The summed E-state index contributed by atoms with van der Waals surface area (Å²) < 4.78 is 0. The van der Waals surface area contributed by atoms with E-state index in [2.05, 4.69) is 50.9 Å². The zero-order chi connectivity index (χ0) is 13.8. The summed E-state index contributed by atoms with van der Waals surface area (Å²) >= 11 is 0. The lowest BCUT2D eigenvalue weighted by Gasteiger charge is -2.24. The molecular weight excluding hydrogens is 242 g/mol. The van der Waals surface area contributed by atoms with Gasteiger partial charge in [0.05, 0.1) is 0 Å². The molecule has 0 aliphatic heterocycles. The van der Waals surface area contributed by atoms with Gasteiger partial charge in [-0.1, -0.05) is 0 Å². The first-order chi connectivity index (χ1) is 9.23. The van der Waals surface area contributed by atoms with Gasteiger partial charge in [-0.25, -0.2) is 5.84 Å². The number of hydrogen-bond acceptors (Lipinski definition) is 7. The van der Waals surface area contributed by atoms with E-state index in [4.69, 9.17) is 5.84 Å². The van der Waals surface area contributed by atoms with E-state index in [9.17, 15) is 0 Å². The topological polar surface area (TPSA) is 83.2 Å². The molecule has 2 rings (SSSR count). The molecule has 0 amide bonds. The third-order valence-electron chi connectivity index (χ3n) is 3.37. The Hall–Kier alpha value is -1.63. The number of rotatable bonds is 7. The number of nitrogens with one attached hydrogen (secondary N) is 1. The molecule has 1 aliphatic carbocycles. The number of aromatic nitrogens is 3. The summed E-state index contributed by atoms with van der Waals surface area (Å²) in [7, 11) is 0. The molecule has 1 aliphatic rings. The van der Waals surface area contributed by atoms with Gasteiger partial charge in [-0.15, -0.1) is 0 Å². The highest BCUT2D eigenvalue weighted by Gasteiger charge is 2.30. The van der Waals surface area contributed by atoms with Crippen molar-refractivity contribution in [1.82, 2.24) is 15.0 Å². The Morgan fingerprint density at radius 1 is 1.05 bits per heavy atom. The largest absolute Gasteiger partial charge is 0.341 e. The van der Waals surface area contributed by atoms with Crippen LogP contribution >= 0.6 is 0 Å². The van der Waals surface area contributed by atoms with Crippen molar-refractivity contribution >= 4 is 17.8 Å². The lowest BCUT2D eigenvalue weighted by Crippen LogP contribution is -2.31. The van der Waals surface area contributed by atoms with Crippen LogP contribution in [0.1, 0.15) is 33.6 Å². The van der Waals surface area contributed by atoms with E-state index in [0.29, 0.717) is 17.9 Å². The van der Waals surface area contributed by atoms with Crippen molar-refractivity contribution in [3.05, 3.63) is 0 Å². The molecule has 0 unspecified atom stereocenters. The SMILES string of the molecule is CCN(CC)c1nc(NN)nc(N(CC)C2CC2)n1. The van der Waals surface area contributed by atoms with Crippen LogP contribution in [-0.4, -0.2) is 40.6 Å². The molecule has 1 aromatic heterocycles. The van der Waals surface area contributed by atoms with Crippen molar-refractivity contribution in [3.8, 4) is 0 Å². The molecular formula is C12H23N7. The third-order valence-corrected chi connectivity index (χ3v) is 3.37. The van der Waals surface area contributed by atoms with Crippen LogP contribution in [0.2, 0.25) is 0 Å². The highest BCUT2D eigenvalue weighted by Crippen LogP contribution is 2.30. The fourth-order valence-electron chi connectivity index (χ4n) is 2.14. The van der Waals surface area contributed by atoms with E-state index in [1.807, 2.05) is 0 Å². The number of hydrogen-bond donors (Lipinski definition) is 2. The van der Waals surface area contributed by atoms with Crippen molar-refractivity contribution in [2.75, 3.05) is 34.9 Å². The Bertz CT molecular complexity index is 415. The predicted molar refractivity (Wildman–Crippen MR) is 77.2 cm³/mol. The Labute approximate surface area is 114 Å². The number of nitrogens with zero attached hydrogens (tertiary/aromatic N) is 5. The molecule has 0 atom stereocenters. The minimum absolute atomic E-state index is 0.422. The molecule has 7 heteroatoms. The van der Waals surface area contributed by atoms with Crippen molar-refractivity contribution in [3.63, 3.8) is 0 Å². The van der Waals surface area contributed by atoms with Gasteiger partial charge in [-0.3, -0.25) is 5.43 Å². The smallest absolute Gasteiger partial charge is 0.243 e. The maximum atomic E-state index is 5.46. The number of nitrogens with two attached hydrogens (primary N) is 1. The van der Waals surface area contributed by atoms with Gasteiger partial charge in [-0.2, -0.15) is 15.0 Å². The number of hydrazine groups is 1. The van der Waals surface area contributed by atoms with E-state index >= 15 is 0 Å². The number of nitrogen functional groups attached to an aromatic ring is 1. The Morgan fingerprint density at radius 2 is 1.68 bits per heavy atom. The molecule has 1 fully saturated rings. The van der Waals surface area contributed by atoms with E-state index in [1.54, 1.807) is 0 Å². The van der Waals surface area contributed by atoms with Gasteiger partial charge in [0.1, 0.15) is 0 Å². The maximum absolute atomic E-state index is 5.46. The fraction of sp³-hybridized carbons (Fsp3) is 0.750. The van der Waals surface area contributed by atoms with Crippen LogP contribution in [0.15, 0.2) is 0 Å². The molecule has 7 nitrogen and oxygen atoms in total. The molecule has 1 aromatic rings. The van der Waals surface area contributed by atoms with Crippen LogP contribution in [0.5, 0.6) is 0 Å². The normalized spacial score (nSPS) is 14.3. The van der Waals surface area contributed by atoms with Gasteiger partial charge in [-0.05, 0) is 33.6 Å². The molecule has 0 radical (unpaired) electrons. The van der Waals surface area contributed by atoms with Crippen molar-refractivity contribution in [2.24, 2.45) is 5.84 Å². The quantitative estimate of drug-likeness (QED) is 0.562. The summed E-state index contributed by atoms with van der Waals surface area (Å²) in [5.41, 5.74) is 2.53. The molecule has 1 saturated carbocycles. The van der Waals surface area contributed by atoms with Gasteiger partial charge >= 0.3 is 0 Å². The minimum Gasteiger partial charge on any atom is -0.341 e. The van der Waals surface area contributed by atoms with Crippen LogP contribution in [0.3, 0.4) is 0 Å². The molecule has 3 N–H and O–H groups in total. The lowest BCUT2D eigenvalue weighted by molar-refractivity contribution is 0.759. The number of anilines is 3.